The van der Waals surface area contributed by atoms with E-state index in [0.717, 1.165) is 28.6 Å². The molecule has 3 rings (SSSR count). The van der Waals surface area contributed by atoms with E-state index in [1.54, 1.807) is 25.3 Å². The average molecular weight is 382 g/mol. The maximum atomic E-state index is 12.9. The Morgan fingerprint density at radius 1 is 1.19 bits per heavy atom. The highest BCUT2D eigenvalue weighted by molar-refractivity contribution is 8.14. The van der Waals surface area contributed by atoms with Crippen LogP contribution in [-0.2, 0) is 16.1 Å². The number of benzene rings is 2. The lowest BCUT2D eigenvalue weighted by Gasteiger charge is -2.17. The summed E-state index contributed by atoms with van der Waals surface area (Å²) in [4.78, 5) is 29.7. The zero-order valence-corrected chi connectivity index (χ0v) is 15.5. The van der Waals surface area contributed by atoms with Crippen molar-refractivity contribution in [1.82, 2.24) is 4.90 Å². The van der Waals surface area contributed by atoms with Gasteiger partial charge < -0.3 is 9.84 Å². The van der Waals surface area contributed by atoms with Crippen LogP contribution >= 0.6 is 11.8 Å². The molecular weight excluding hydrogens is 364 g/mol. The summed E-state index contributed by atoms with van der Waals surface area (Å²) < 4.78 is 5.13. The number of hydrogen-bond acceptors (Lipinski definition) is 5. The molecule has 6 nitrogen and oxygen atoms in total. The highest BCUT2D eigenvalue weighted by Crippen LogP contribution is 2.26. The van der Waals surface area contributed by atoms with Crippen molar-refractivity contribution in [1.29, 1.82) is 0 Å². The van der Waals surface area contributed by atoms with Crippen molar-refractivity contribution in [2.24, 2.45) is 4.99 Å². The van der Waals surface area contributed by atoms with Crippen LogP contribution in [0.3, 0.4) is 0 Å². The molecule has 0 bridgehead atoms. The third-order valence-corrected chi connectivity index (χ3v) is 4.80. The number of carbonyl (C=O) groups is 2. The molecule has 2 aromatic rings. The van der Waals surface area contributed by atoms with Gasteiger partial charge >= 0.3 is 5.97 Å². The molecule has 0 aliphatic carbocycles. The van der Waals surface area contributed by atoms with Crippen molar-refractivity contribution in [2.75, 3.05) is 12.9 Å². The van der Waals surface area contributed by atoms with Gasteiger partial charge in [-0.1, -0.05) is 54.2 Å². The molecule has 0 unspecified atom stereocenters. The first-order chi connectivity index (χ1) is 13.1. The summed E-state index contributed by atoms with van der Waals surface area (Å²) in [6.45, 7) is 0.338. The molecule has 1 N–H and O–H groups in total. The van der Waals surface area contributed by atoms with E-state index in [-0.39, 0.29) is 17.4 Å². The van der Waals surface area contributed by atoms with Crippen LogP contribution in [0, 0.1) is 0 Å². The predicted octanol–water partition coefficient (Wildman–Crippen LogP) is 3.25. The molecule has 0 spiro atoms. The van der Waals surface area contributed by atoms with E-state index >= 15 is 0 Å². The van der Waals surface area contributed by atoms with Crippen molar-refractivity contribution in [3.05, 3.63) is 71.4 Å². The second-order valence-electron chi connectivity index (χ2n) is 5.76. The van der Waals surface area contributed by atoms with Crippen LogP contribution in [0.15, 0.2) is 65.3 Å². The van der Waals surface area contributed by atoms with Crippen molar-refractivity contribution in [2.45, 2.75) is 6.54 Å². The van der Waals surface area contributed by atoms with Gasteiger partial charge in [-0.3, -0.25) is 14.5 Å². The summed E-state index contributed by atoms with van der Waals surface area (Å²) in [6.07, 6.45) is 1.69. The van der Waals surface area contributed by atoms with Gasteiger partial charge in [-0.05, 0) is 29.3 Å². The minimum absolute atomic E-state index is 0.160. The number of hydrogen-bond donors (Lipinski definition) is 1. The summed E-state index contributed by atoms with van der Waals surface area (Å²) >= 11 is 1.04. The van der Waals surface area contributed by atoms with Crippen molar-refractivity contribution < 1.29 is 19.4 Å². The van der Waals surface area contributed by atoms with E-state index < -0.39 is 5.97 Å². The number of carbonyl (C=O) groups excluding carboxylic acids is 1. The fourth-order valence-electron chi connectivity index (χ4n) is 2.53. The van der Waals surface area contributed by atoms with Gasteiger partial charge in [-0.15, -0.1) is 0 Å². The Hall–Kier alpha value is -3.06. The zero-order valence-electron chi connectivity index (χ0n) is 14.7. The summed E-state index contributed by atoms with van der Waals surface area (Å²) in [5.41, 5.74) is 2.04. The third-order valence-electron chi connectivity index (χ3n) is 3.84. The quantitative estimate of drug-likeness (QED) is 0.776. The summed E-state index contributed by atoms with van der Waals surface area (Å²) in [7, 11) is 1.59. The normalized spacial score (nSPS) is 15.1. The Kier molecular flexibility index (Phi) is 5.93. The molecule has 0 saturated carbocycles. The molecule has 0 saturated heterocycles. The van der Waals surface area contributed by atoms with E-state index in [9.17, 15) is 9.59 Å². The van der Waals surface area contributed by atoms with Crippen LogP contribution in [0.1, 0.15) is 11.1 Å². The fourth-order valence-corrected chi connectivity index (χ4v) is 3.25. The van der Waals surface area contributed by atoms with Gasteiger partial charge in [0.05, 0.1) is 19.4 Å². The second kappa shape index (κ2) is 8.55. The molecule has 0 atom stereocenters. The number of nitrogens with zero attached hydrogens (tertiary/aromatic N) is 2. The van der Waals surface area contributed by atoms with Gasteiger partial charge in [-0.25, -0.2) is 4.99 Å². The Morgan fingerprint density at radius 2 is 1.89 bits per heavy atom. The van der Waals surface area contributed by atoms with Crippen molar-refractivity contribution in [3.8, 4) is 5.75 Å². The molecule has 1 heterocycles. The van der Waals surface area contributed by atoms with Crippen LogP contribution < -0.4 is 4.74 Å². The smallest absolute Gasteiger partial charge is 0.313 e. The summed E-state index contributed by atoms with van der Waals surface area (Å²) in [6, 6.07) is 16.8. The molecule has 138 valence electrons. The lowest BCUT2D eigenvalue weighted by Crippen LogP contribution is -2.30. The van der Waals surface area contributed by atoms with Gasteiger partial charge in [-0.2, -0.15) is 0 Å². The number of methoxy groups -OCH3 is 1. The Morgan fingerprint density at radius 3 is 2.52 bits per heavy atom. The molecule has 0 radical (unpaired) electrons. The standard InChI is InChI=1S/C20H18N2O4S/c1-26-16-9-7-14(8-10-16)11-17-19(25)22(12-15-5-3-2-4-6-15)20(21-17)27-13-18(23)24/h2-11H,12-13H2,1H3,(H,23,24)/b17-11+. The topological polar surface area (TPSA) is 79.2 Å². The first-order valence-corrected chi connectivity index (χ1v) is 9.20. The molecule has 2 aromatic carbocycles. The molecule has 1 aliphatic heterocycles. The first kappa shape index (κ1) is 18.7. The second-order valence-corrected chi connectivity index (χ2v) is 6.70. The molecular formula is C20H18N2O4S. The Labute approximate surface area is 161 Å². The number of aliphatic carboxylic acids is 1. The summed E-state index contributed by atoms with van der Waals surface area (Å²) in [5.74, 6) is -0.639. The van der Waals surface area contributed by atoms with Gasteiger partial charge in [0.2, 0.25) is 0 Å². The van der Waals surface area contributed by atoms with E-state index in [1.165, 1.54) is 4.90 Å². The maximum Gasteiger partial charge on any atom is 0.313 e. The molecule has 7 heteroatoms. The maximum absolute atomic E-state index is 12.9. The van der Waals surface area contributed by atoms with Gasteiger partial charge in [0.1, 0.15) is 11.4 Å². The van der Waals surface area contributed by atoms with Gasteiger partial charge in [0.25, 0.3) is 5.91 Å². The number of carboxylic acid groups (broad SMARTS) is 1. The molecule has 1 aliphatic rings. The predicted molar refractivity (Wildman–Crippen MR) is 105 cm³/mol. The van der Waals surface area contributed by atoms with E-state index in [1.807, 2.05) is 42.5 Å². The van der Waals surface area contributed by atoms with Crippen molar-refractivity contribution in [3.63, 3.8) is 0 Å². The van der Waals surface area contributed by atoms with Crippen LogP contribution in [-0.4, -0.2) is 39.9 Å². The largest absolute Gasteiger partial charge is 0.497 e. The number of amides is 1. The van der Waals surface area contributed by atoms with E-state index in [2.05, 4.69) is 4.99 Å². The lowest BCUT2D eigenvalue weighted by atomic mass is 10.1. The molecule has 0 fully saturated rings. The molecule has 27 heavy (non-hydrogen) atoms. The van der Waals surface area contributed by atoms with Crippen molar-refractivity contribution >= 4 is 34.9 Å². The zero-order chi connectivity index (χ0) is 19.2. The Balaban J connectivity index is 1.86. The molecule has 1 amide bonds. The monoisotopic (exact) mass is 382 g/mol. The molecule has 0 aromatic heterocycles. The minimum Gasteiger partial charge on any atom is -0.497 e. The number of aliphatic imine (C=N–C) groups is 1. The lowest BCUT2D eigenvalue weighted by molar-refractivity contribution is -0.134. The summed E-state index contributed by atoms with van der Waals surface area (Å²) in [5, 5.41) is 9.35. The highest BCUT2D eigenvalue weighted by atomic mass is 32.2. The van der Waals surface area contributed by atoms with Crippen LogP contribution in [0.25, 0.3) is 6.08 Å². The number of rotatable bonds is 6. The SMILES string of the molecule is COc1ccc(/C=C2/N=C(SCC(=O)O)N(Cc3ccccc3)C2=O)cc1. The average Bonchev–Trinajstić information content (AvgIpc) is 2.97. The van der Waals surface area contributed by atoms with Crippen LogP contribution in [0.2, 0.25) is 0 Å². The van der Waals surface area contributed by atoms with Crippen LogP contribution in [0.4, 0.5) is 0 Å². The van der Waals surface area contributed by atoms with E-state index in [0.29, 0.717) is 11.7 Å². The van der Waals surface area contributed by atoms with E-state index in [4.69, 9.17) is 9.84 Å². The minimum atomic E-state index is -0.956. The Bertz CT molecular complexity index is 892. The highest BCUT2D eigenvalue weighted by Gasteiger charge is 2.31. The number of ether oxygens (including phenoxy) is 1. The fraction of sp³-hybridized carbons (Fsp3) is 0.150. The number of thioether (sulfide) groups is 1. The van der Waals surface area contributed by atoms with Crippen LogP contribution in [0.5, 0.6) is 5.75 Å². The van der Waals surface area contributed by atoms with Gasteiger partial charge in [0, 0.05) is 0 Å². The first-order valence-electron chi connectivity index (χ1n) is 8.21. The number of carboxylic acids is 1. The van der Waals surface area contributed by atoms with Gasteiger partial charge in [0.15, 0.2) is 5.17 Å². The number of amidine groups is 1. The third kappa shape index (κ3) is 4.77.